The fraction of sp³-hybridized carbons (Fsp3) is 0.778. The predicted octanol–water partition coefficient (Wildman–Crippen LogP) is 3.43. The molecule has 1 fully saturated rings. The van der Waals surface area contributed by atoms with Gasteiger partial charge in [0, 0.05) is 43.2 Å². The van der Waals surface area contributed by atoms with Crippen molar-refractivity contribution < 1.29 is 0 Å². The largest absolute Gasteiger partial charge is 0.357 e. The molecule has 1 heterocycles. The molecule has 0 unspecified atom stereocenters. The van der Waals surface area contributed by atoms with Gasteiger partial charge in [0.1, 0.15) is 0 Å². The van der Waals surface area contributed by atoms with Gasteiger partial charge in [-0.25, -0.2) is 4.98 Å². The summed E-state index contributed by atoms with van der Waals surface area (Å²) in [6.45, 7) is 7.85. The molecule has 144 valence electrons. The molecule has 2 N–H and O–H groups in total. The van der Waals surface area contributed by atoms with Crippen LogP contribution in [0.3, 0.4) is 0 Å². The van der Waals surface area contributed by atoms with Crippen LogP contribution in [-0.2, 0) is 6.42 Å². The van der Waals surface area contributed by atoms with Crippen molar-refractivity contribution in [1.29, 1.82) is 0 Å². The van der Waals surface area contributed by atoms with Crippen molar-refractivity contribution in [3.8, 4) is 0 Å². The van der Waals surface area contributed by atoms with Crippen LogP contribution in [0.4, 0.5) is 0 Å². The van der Waals surface area contributed by atoms with Crippen molar-refractivity contribution in [2.75, 3.05) is 33.2 Å². The van der Waals surface area contributed by atoms with Crippen molar-refractivity contribution in [2.45, 2.75) is 58.4 Å². The van der Waals surface area contributed by atoms with Gasteiger partial charge in [0.2, 0.25) is 0 Å². The van der Waals surface area contributed by atoms with E-state index in [0.29, 0.717) is 0 Å². The molecule has 2 rings (SSSR count). The Morgan fingerprint density at radius 3 is 2.72 bits per heavy atom. The average molecular weight is 479 g/mol. The number of guanidine groups is 1. The van der Waals surface area contributed by atoms with Gasteiger partial charge in [-0.1, -0.05) is 19.3 Å². The monoisotopic (exact) mass is 479 g/mol. The maximum Gasteiger partial charge on any atom is 0.191 e. The van der Waals surface area contributed by atoms with Crippen molar-refractivity contribution in [2.24, 2.45) is 4.99 Å². The summed E-state index contributed by atoms with van der Waals surface area (Å²) >= 11 is 1.77. The highest BCUT2D eigenvalue weighted by Crippen LogP contribution is 2.21. The van der Waals surface area contributed by atoms with Crippen LogP contribution in [0.5, 0.6) is 0 Å². The normalized spacial score (nSPS) is 15.9. The molecule has 0 bridgehead atoms. The van der Waals surface area contributed by atoms with Crippen LogP contribution in [0, 0.1) is 6.92 Å². The second-order valence-electron chi connectivity index (χ2n) is 6.57. The first kappa shape index (κ1) is 22.6. The molecule has 7 heteroatoms. The van der Waals surface area contributed by atoms with Crippen LogP contribution < -0.4 is 10.6 Å². The highest BCUT2D eigenvalue weighted by atomic mass is 127. The fourth-order valence-electron chi connectivity index (χ4n) is 3.17. The Morgan fingerprint density at radius 2 is 2.08 bits per heavy atom. The van der Waals surface area contributed by atoms with Crippen molar-refractivity contribution in [3.05, 3.63) is 16.1 Å². The Bertz CT molecular complexity index is 499. The summed E-state index contributed by atoms with van der Waals surface area (Å²) in [5, 5.41) is 7.94. The van der Waals surface area contributed by atoms with E-state index in [1.54, 1.807) is 11.3 Å². The lowest BCUT2D eigenvalue weighted by Crippen LogP contribution is -2.39. The summed E-state index contributed by atoms with van der Waals surface area (Å²) in [7, 11) is 2.25. The summed E-state index contributed by atoms with van der Waals surface area (Å²) in [4.78, 5) is 12.9. The molecule has 0 aromatic carbocycles. The second-order valence-corrected chi connectivity index (χ2v) is 7.89. The average Bonchev–Trinajstić information content (AvgIpc) is 3.01. The smallest absolute Gasteiger partial charge is 0.191 e. The number of aromatic nitrogens is 1. The van der Waals surface area contributed by atoms with Gasteiger partial charge in [-0.05, 0) is 33.7 Å². The molecule has 0 amide bonds. The molecule has 5 nitrogen and oxygen atoms in total. The minimum absolute atomic E-state index is 0. The SMILES string of the molecule is CCNC(=NCCN(C)C1CCCCC1)NCCc1ncc(C)s1.I. The van der Waals surface area contributed by atoms with E-state index in [1.165, 1.54) is 42.0 Å². The molecule has 1 aromatic rings. The summed E-state index contributed by atoms with van der Waals surface area (Å²) < 4.78 is 0. The standard InChI is InChI=1S/C18H33N5S.HI/c1-4-19-18(20-11-10-17-22-14-15(2)24-17)21-12-13-23(3)16-8-6-5-7-9-16;/h14,16H,4-13H2,1-3H3,(H2,19,20,21);1H. The first-order valence-corrected chi connectivity index (χ1v) is 10.1. The van der Waals surface area contributed by atoms with Crippen molar-refractivity contribution in [1.82, 2.24) is 20.5 Å². The Labute approximate surface area is 174 Å². The van der Waals surface area contributed by atoms with Gasteiger partial charge < -0.3 is 15.5 Å². The van der Waals surface area contributed by atoms with Crippen molar-refractivity contribution >= 4 is 41.3 Å². The summed E-state index contributed by atoms with van der Waals surface area (Å²) in [5.74, 6) is 0.919. The number of thiazole rings is 1. The Hall–Kier alpha value is -0.410. The second kappa shape index (κ2) is 12.9. The highest BCUT2D eigenvalue weighted by molar-refractivity contribution is 14.0. The van der Waals surface area contributed by atoms with E-state index in [9.17, 15) is 0 Å². The van der Waals surface area contributed by atoms with Gasteiger partial charge in [0.15, 0.2) is 5.96 Å². The lowest BCUT2D eigenvalue weighted by Gasteiger charge is -2.30. The summed E-state index contributed by atoms with van der Waals surface area (Å²) in [6, 6.07) is 0.762. The van der Waals surface area contributed by atoms with E-state index in [2.05, 4.69) is 41.4 Å². The van der Waals surface area contributed by atoms with Gasteiger partial charge in [-0.3, -0.25) is 4.99 Å². The molecule has 0 spiro atoms. The van der Waals surface area contributed by atoms with E-state index in [-0.39, 0.29) is 24.0 Å². The van der Waals surface area contributed by atoms with Crippen molar-refractivity contribution in [3.63, 3.8) is 0 Å². The Kier molecular flexibility index (Phi) is 11.6. The molecule has 1 saturated carbocycles. The van der Waals surface area contributed by atoms with Gasteiger partial charge in [0.25, 0.3) is 0 Å². The third-order valence-corrected chi connectivity index (χ3v) is 5.54. The molecule has 0 aliphatic heterocycles. The lowest BCUT2D eigenvalue weighted by molar-refractivity contribution is 0.196. The molecule has 1 aromatic heterocycles. The lowest BCUT2D eigenvalue weighted by atomic mass is 9.94. The molecule has 0 saturated heterocycles. The van der Waals surface area contributed by atoms with Gasteiger partial charge in [-0.15, -0.1) is 35.3 Å². The molecule has 25 heavy (non-hydrogen) atoms. The van der Waals surface area contributed by atoms with Gasteiger partial charge in [-0.2, -0.15) is 0 Å². The Morgan fingerprint density at radius 1 is 1.32 bits per heavy atom. The molecular weight excluding hydrogens is 445 g/mol. The van der Waals surface area contributed by atoms with E-state index in [1.807, 2.05) is 6.20 Å². The van der Waals surface area contributed by atoms with Gasteiger partial charge >= 0.3 is 0 Å². The molecule has 1 aliphatic carbocycles. The van der Waals surface area contributed by atoms with Crippen LogP contribution in [0.1, 0.15) is 48.9 Å². The number of rotatable bonds is 8. The number of nitrogens with one attached hydrogen (secondary N) is 2. The number of aryl methyl sites for hydroxylation is 1. The molecular formula is C18H34IN5S. The number of nitrogens with zero attached hydrogens (tertiary/aromatic N) is 3. The van der Waals surface area contributed by atoms with E-state index < -0.39 is 0 Å². The van der Waals surface area contributed by atoms with E-state index in [0.717, 1.165) is 44.6 Å². The first-order valence-electron chi connectivity index (χ1n) is 9.32. The topological polar surface area (TPSA) is 52.6 Å². The van der Waals surface area contributed by atoms with Crippen LogP contribution in [0.25, 0.3) is 0 Å². The van der Waals surface area contributed by atoms with Crippen LogP contribution in [0.15, 0.2) is 11.2 Å². The van der Waals surface area contributed by atoms with Crippen LogP contribution in [-0.4, -0.2) is 55.1 Å². The third kappa shape index (κ3) is 8.68. The molecule has 0 atom stereocenters. The highest BCUT2D eigenvalue weighted by Gasteiger charge is 2.17. The zero-order chi connectivity index (χ0) is 17.2. The zero-order valence-electron chi connectivity index (χ0n) is 15.9. The zero-order valence-corrected chi connectivity index (χ0v) is 19.0. The number of aliphatic imine (C=N–C) groups is 1. The fourth-order valence-corrected chi connectivity index (χ4v) is 3.96. The predicted molar refractivity (Wildman–Crippen MR) is 119 cm³/mol. The van der Waals surface area contributed by atoms with Crippen LogP contribution >= 0.6 is 35.3 Å². The first-order chi connectivity index (χ1) is 11.7. The number of hydrogen-bond donors (Lipinski definition) is 2. The third-order valence-electron chi connectivity index (χ3n) is 4.57. The minimum atomic E-state index is 0. The number of likely N-dealkylation sites (N-methyl/N-ethyl adjacent to an activating group) is 1. The number of halogens is 1. The maximum absolute atomic E-state index is 4.72. The van der Waals surface area contributed by atoms with Crippen LogP contribution in [0.2, 0.25) is 0 Å². The molecule has 0 radical (unpaired) electrons. The quantitative estimate of drug-likeness (QED) is 0.341. The maximum atomic E-state index is 4.72. The summed E-state index contributed by atoms with van der Waals surface area (Å²) in [5.41, 5.74) is 0. The van der Waals surface area contributed by atoms with E-state index in [4.69, 9.17) is 4.99 Å². The minimum Gasteiger partial charge on any atom is -0.357 e. The van der Waals surface area contributed by atoms with E-state index >= 15 is 0 Å². The Balaban J connectivity index is 0.00000312. The summed E-state index contributed by atoms with van der Waals surface area (Å²) in [6.07, 6.45) is 9.79. The number of hydrogen-bond acceptors (Lipinski definition) is 4. The molecule has 1 aliphatic rings. The van der Waals surface area contributed by atoms with Gasteiger partial charge in [0.05, 0.1) is 11.6 Å².